The van der Waals surface area contributed by atoms with Gasteiger partial charge in [-0.1, -0.05) is 24.3 Å². The molecule has 2 amide bonds. The Morgan fingerprint density at radius 3 is 2.39 bits per heavy atom. The van der Waals surface area contributed by atoms with Crippen molar-refractivity contribution in [3.63, 3.8) is 0 Å². The van der Waals surface area contributed by atoms with Gasteiger partial charge in [0.15, 0.2) is 0 Å². The molecule has 0 saturated carbocycles. The fourth-order valence-corrected chi connectivity index (χ4v) is 4.05. The predicted molar refractivity (Wildman–Crippen MR) is 136 cm³/mol. The van der Waals surface area contributed by atoms with Crippen LogP contribution in [0.25, 0.3) is 33.4 Å². The van der Waals surface area contributed by atoms with Gasteiger partial charge in [0.05, 0.1) is 17.8 Å². The van der Waals surface area contributed by atoms with Crippen LogP contribution in [0.1, 0.15) is 26.4 Å². The normalized spacial score (nSPS) is 10.8. The van der Waals surface area contributed by atoms with Gasteiger partial charge < -0.3 is 15.1 Å². The molecule has 3 aromatic carbocycles. The second kappa shape index (κ2) is 9.84. The maximum Gasteiger partial charge on any atom is 0.255 e. The molecular formula is C29H22FN3O3. The lowest BCUT2D eigenvalue weighted by atomic mass is 9.99. The van der Waals surface area contributed by atoms with Crippen LogP contribution in [0.4, 0.5) is 4.39 Å². The van der Waals surface area contributed by atoms with Gasteiger partial charge in [0, 0.05) is 29.8 Å². The first-order valence-corrected chi connectivity index (χ1v) is 11.4. The van der Waals surface area contributed by atoms with Gasteiger partial charge in [-0.05, 0) is 71.8 Å². The summed E-state index contributed by atoms with van der Waals surface area (Å²) in [5.74, 6) is -0.531. The van der Waals surface area contributed by atoms with E-state index in [4.69, 9.17) is 4.42 Å². The molecule has 5 aromatic rings. The van der Waals surface area contributed by atoms with Crippen molar-refractivity contribution in [3.05, 3.63) is 114 Å². The van der Waals surface area contributed by atoms with E-state index < -0.39 is 0 Å². The van der Waals surface area contributed by atoms with Gasteiger partial charge in [0.2, 0.25) is 0 Å². The minimum Gasteiger partial charge on any atom is -0.455 e. The molecule has 0 saturated heterocycles. The van der Waals surface area contributed by atoms with Crippen LogP contribution in [0, 0.1) is 5.82 Å². The van der Waals surface area contributed by atoms with E-state index in [0.29, 0.717) is 40.0 Å². The summed E-state index contributed by atoms with van der Waals surface area (Å²) < 4.78 is 19.5. The number of nitrogens with zero attached hydrogens (tertiary/aromatic N) is 1. The average molecular weight is 480 g/mol. The van der Waals surface area contributed by atoms with E-state index in [1.54, 1.807) is 43.6 Å². The van der Waals surface area contributed by atoms with Crippen LogP contribution in [0.2, 0.25) is 0 Å². The number of carbonyl (C=O) groups is 2. The first-order chi connectivity index (χ1) is 17.5. The van der Waals surface area contributed by atoms with E-state index >= 15 is 0 Å². The number of fused-ring (bicyclic) bond motifs is 1. The third-order valence-corrected chi connectivity index (χ3v) is 5.86. The number of carbonyl (C=O) groups excluding carboxylic acids is 2. The highest BCUT2D eigenvalue weighted by molar-refractivity contribution is 6.11. The molecule has 2 aromatic heterocycles. The summed E-state index contributed by atoms with van der Waals surface area (Å²) in [7, 11) is 1.55. The minimum absolute atomic E-state index is 0.212. The summed E-state index contributed by atoms with van der Waals surface area (Å²) in [6.07, 6.45) is 1.68. The standard InChI is InChI=1S/C29H22FN3O3/c1-31-29(35)26-24-16-20(10-13-25(24)36-27(26)18-8-11-22(30)12-9-18)19-5-4-6-21(15-19)28(34)33-17-23-7-2-3-14-32-23/h2-16H,17H2,1H3,(H,31,35)(H,33,34). The van der Waals surface area contributed by atoms with Crippen molar-refractivity contribution in [2.24, 2.45) is 0 Å². The van der Waals surface area contributed by atoms with Crippen molar-refractivity contribution in [3.8, 4) is 22.5 Å². The van der Waals surface area contributed by atoms with Gasteiger partial charge >= 0.3 is 0 Å². The molecule has 0 atom stereocenters. The first-order valence-electron chi connectivity index (χ1n) is 11.4. The number of amides is 2. The van der Waals surface area contributed by atoms with Gasteiger partial charge in [0.25, 0.3) is 11.8 Å². The summed E-state index contributed by atoms with van der Waals surface area (Å²) in [6.45, 7) is 0.326. The number of furan rings is 1. The van der Waals surface area contributed by atoms with E-state index in [1.807, 2.05) is 42.5 Å². The lowest BCUT2D eigenvalue weighted by molar-refractivity contribution is 0.0946. The Kier molecular flexibility index (Phi) is 6.28. The maximum atomic E-state index is 13.5. The number of benzene rings is 3. The highest BCUT2D eigenvalue weighted by Gasteiger charge is 2.22. The second-order valence-electron chi connectivity index (χ2n) is 8.19. The molecule has 178 valence electrons. The van der Waals surface area contributed by atoms with Crippen LogP contribution in [0.3, 0.4) is 0 Å². The van der Waals surface area contributed by atoms with Gasteiger partial charge in [-0.25, -0.2) is 4.39 Å². The number of aromatic nitrogens is 1. The fourth-order valence-electron chi connectivity index (χ4n) is 4.05. The van der Waals surface area contributed by atoms with Gasteiger partial charge in [-0.15, -0.1) is 0 Å². The molecule has 0 fully saturated rings. The Labute approximate surface area is 206 Å². The smallest absolute Gasteiger partial charge is 0.255 e. The Balaban J connectivity index is 1.50. The third-order valence-electron chi connectivity index (χ3n) is 5.86. The molecule has 0 aliphatic rings. The zero-order chi connectivity index (χ0) is 25.1. The van der Waals surface area contributed by atoms with Crippen LogP contribution < -0.4 is 10.6 Å². The van der Waals surface area contributed by atoms with Crippen molar-refractivity contribution in [2.75, 3.05) is 7.05 Å². The monoisotopic (exact) mass is 479 g/mol. The molecule has 0 bridgehead atoms. The first kappa shape index (κ1) is 23.0. The van der Waals surface area contributed by atoms with Gasteiger partial charge in [-0.2, -0.15) is 0 Å². The molecule has 2 heterocycles. The summed E-state index contributed by atoms with van der Waals surface area (Å²) in [5.41, 5.74) is 4.40. The molecule has 2 N–H and O–H groups in total. The molecule has 0 aliphatic carbocycles. The van der Waals surface area contributed by atoms with Crippen molar-refractivity contribution in [1.82, 2.24) is 15.6 Å². The molecule has 0 aliphatic heterocycles. The van der Waals surface area contributed by atoms with Gasteiger partial charge in [0.1, 0.15) is 17.2 Å². The summed E-state index contributed by atoms with van der Waals surface area (Å²) >= 11 is 0. The zero-order valence-corrected chi connectivity index (χ0v) is 19.4. The molecular weight excluding hydrogens is 457 g/mol. The van der Waals surface area contributed by atoms with E-state index in [1.165, 1.54) is 12.1 Å². The Hall–Kier alpha value is -4.78. The molecule has 0 radical (unpaired) electrons. The molecule has 5 rings (SSSR count). The van der Waals surface area contributed by atoms with E-state index in [0.717, 1.165) is 16.8 Å². The van der Waals surface area contributed by atoms with Crippen molar-refractivity contribution in [2.45, 2.75) is 6.54 Å². The second-order valence-corrected chi connectivity index (χ2v) is 8.19. The third kappa shape index (κ3) is 4.59. The number of hydrogen-bond donors (Lipinski definition) is 2. The molecule has 0 unspecified atom stereocenters. The van der Waals surface area contributed by atoms with Crippen molar-refractivity contribution < 1.29 is 18.4 Å². The lowest BCUT2D eigenvalue weighted by Gasteiger charge is -2.08. The Morgan fingerprint density at radius 1 is 0.861 bits per heavy atom. The number of halogens is 1. The van der Waals surface area contributed by atoms with Crippen LogP contribution in [-0.2, 0) is 6.54 Å². The van der Waals surface area contributed by atoms with Crippen LogP contribution in [0.5, 0.6) is 0 Å². The molecule has 6 nitrogen and oxygen atoms in total. The minimum atomic E-state index is -0.373. The Bertz CT molecular complexity index is 1560. The highest BCUT2D eigenvalue weighted by Crippen LogP contribution is 2.36. The summed E-state index contributed by atoms with van der Waals surface area (Å²) in [4.78, 5) is 29.8. The Morgan fingerprint density at radius 2 is 1.64 bits per heavy atom. The zero-order valence-electron chi connectivity index (χ0n) is 19.4. The van der Waals surface area contributed by atoms with Crippen molar-refractivity contribution in [1.29, 1.82) is 0 Å². The van der Waals surface area contributed by atoms with E-state index in [2.05, 4.69) is 15.6 Å². The summed E-state index contributed by atoms with van der Waals surface area (Å²) in [6, 6.07) is 24.1. The fraction of sp³-hybridized carbons (Fsp3) is 0.0690. The van der Waals surface area contributed by atoms with Crippen LogP contribution in [-0.4, -0.2) is 23.8 Å². The van der Waals surface area contributed by atoms with Gasteiger partial charge in [-0.3, -0.25) is 14.6 Å². The molecule has 7 heteroatoms. The van der Waals surface area contributed by atoms with Crippen LogP contribution >= 0.6 is 0 Å². The van der Waals surface area contributed by atoms with E-state index in [9.17, 15) is 14.0 Å². The topological polar surface area (TPSA) is 84.2 Å². The number of nitrogens with one attached hydrogen (secondary N) is 2. The molecule has 0 spiro atoms. The number of pyridine rings is 1. The molecule has 36 heavy (non-hydrogen) atoms. The van der Waals surface area contributed by atoms with Crippen molar-refractivity contribution >= 4 is 22.8 Å². The maximum absolute atomic E-state index is 13.5. The quantitative estimate of drug-likeness (QED) is 0.333. The lowest BCUT2D eigenvalue weighted by Crippen LogP contribution is -2.23. The average Bonchev–Trinajstić information content (AvgIpc) is 3.31. The largest absolute Gasteiger partial charge is 0.455 e. The summed E-state index contributed by atoms with van der Waals surface area (Å²) in [5, 5.41) is 6.17. The van der Waals surface area contributed by atoms with Crippen LogP contribution in [0.15, 0.2) is 95.5 Å². The number of hydrogen-bond acceptors (Lipinski definition) is 4. The van der Waals surface area contributed by atoms with E-state index in [-0.39, 0.29) is 17.6 Å². The number of rotatable bonds is 6. The SMILES string of the molecule is CNC(=O)c1c(-c2ccc(F)cc2)oc2ccc(-c3cccc(C(=O)NCc4ccccn4)c3)cc12. The highest BCUT2D eigenvalue weighted by atomic mass is 19.1. The predicted octanol–water partition coefficient (Wildman–Crippen LogP) is 5.59.